The molecule has 0 unspecified atom stereocenters. The fourth-order valence-electron chi connectivity index (χ4n) is 3.78. The van der Waals surface area contributed by atoms with Crippen molar-refractivity contribution in [2.75, 3.05) is 46.6 Å². The van der Waals surface area contributed by atoms with Crippen LogP contribution in [0.25, 0.3) is 0 Å². The first kappa shape index (κ1) is 16.9. The highest BCUT2D eigenvalue weighted by atomic mass is 32.1. The molecule has 0 spiro atoms. The Balaban J connectivity index is 1.51. The van der Waals surface area contributed by atoms with Crippen LogP contribution in [-0.2, 0) is 20.8 Å². The first-order valence-corrected chi connectivity index (χ1v) is 9.27. The highest BCUT2D eigenvalue weighted by Gasteiger charge is 2.41. The van der Waals surface area contributed by atoms with Gasteiger partial charge in [0.2, 0.25) is 5.91 Å². The highest BCUT2D eigenvalue weighted by Crippen LogP contribution is 2.36. The van der Waals surface area contributed by atoms with Crippen LogP contribution >= 0.6 is 11.3 Å². The van der Waals surface area contributed by atoms with E-state index in [2.05, 4.69) is 27.0 Å². The van der Waals surface area contributed by atoms with E-state index < -0.39 is 0 Å². The molecule has 3 atom stereocenters. The Morgan fingerprint density at radius 3 is 3.17 bits per heavy atom. The average molecular weight is 338 g/mol. The maximum atomic E-state index is 12.1. The third-order valence-corrected chi connectivity index (χ3v) is 5.63. The van der Waals surface area contributed by atoms with Crippen molar-refractivity contribution in [3.05, 3.63) is 22.4 Å². The monoisotopic (exact) mass is 338 g/mol. The van der Waals surface area contributed by atoms with Gasteiger partial charge in [-0.2, -0.15) is 11.3 Å². The summed E-state index contributed by atoms with van der Waals surface area (Å²) in [7, 11) is 1.65. The molecule has 1 aromatic rings. The molecule has 23 heavy (non-hydrogen) atoms. The van der Waals surface area contributed by atoms with E-state index in [1.807, 2.05) is 0 Å². The van der Waals surface area contributed by atoms with E-state index in [9.17, 15) is 4.79 Å². The molecule has 3 heterocycles. The molecular weight excluding hydrogens is 312 g/mol. The summed E-state index contributed by atoms with van der Waals surface area (Å²) in [6.45, 7) is 5.89. The van der Waals surface area contributed by atoms with E-state index in [4.69, 9.17) is 9.47 Å². The number of methoxy groups -OCH3 is 1. The molecule has 2 saturated heterocycles. The van der Waals surface area contributed by atoms with Gasteiger partial charge in [-0.3, -0.25) is 9.69 Å². The number of hydrogen-bond donors (Lipinski definition) is 1. The van der Waals surface area contributed by atoms with Gasteiger partial charge in [-0.15, -0.1) is 0 Å². The van der Waals surface area contributed by atoms with Crippen molar-refractivity contribution >= 4 is 17.2 Å². The summed E-state index contributed by atoms with van der Waals surface area (Å²) in [5, 5.41) is 7.28. The zero-order valence-corrected chi connectivity index (χ0v) is 14.5. The van der Waals surface area contributed by atoms with Crippen LogP contribution in [0.3, 0.4) is 0 Å². The summed E-state index contributed by atoms with van der Waals surface area (Å²) in [6.07, 6.45) is 0.567. The summed E-state index contributed by atoms with van der Waals surface area (Å²) in [6, 6.07) is 2.20. The van der Waals surface area contributed by atoms with Crippen LogP contribution in [-0.4, -0.2) is 57.4 Å². The van der Waals surface area contributed by atoms with E-state index in [1.54, 1.807) is 18.4 Å². The van der Waals surface area contributed by atoms with Crippen molar-refractivity contribution in [2.24, 2.45) is 17.8 Å². The van der Waals surface area contributed by atoms with Crippen molar-refractivity contribution in [1.29, 1.82) is 0 Å². The van der Waals surface area contributed by atoms with Crippen molar-refractivity contribution < 1.29 is 14.3 Å². The van der Waals surface area contributed by atoms with Crippen LogP contribution in [0.4, 0.5) is 0 Å². The Hall–Kier alpha value is -0.950. The fraction of sp³-hybridized carbons (Fsp3) is 0.706. The number of thiophene rings is 1. The second-order valence-corrected chi connectivity index (χ2v) is 7.37. The minimum absolute atomic E-state index is 0.118. The Labute approximate surface area is 142 Å². The second kappa shape index (κ2) is 8.24. The number of ether oxygens (including phenoxy) is 2. The fourth-order valence-corrected chi connectivity index (χ4v) is 4.44. The lowest BCUT2D eigenvalue weighted by atomic mass is 9.81. The summed E-state index contributed by atoms with van der Waals surface area (Å²) in [5.41, 5.74) is 1.39. The Kier molecular flexibility index (Phi) is 6.05. The molecule has 0 aromatic carbocycles. The van der Waals surface area contributed by atoms with E-state index in [0.717, 1.165) is 26.2 Å². The first-order chi connectivity index (χ1) is 11.3. The normalized spacial score (nSPS) is 27.8. The number of rotatable bonds is 7. The first-order valence-electron chi connectivity index (χ1n) is 8.33. The van der Waals surface area contributed by atoms with Gasteiger partial charge in [-0.05, 0) is 40.1 Å². The van der Waals surface area contributed by atoms with Crippen molar-refractivity contribution in [3.63, 3.8) is 0 Å². The highest BCUT2D eigenvalue weighted by molar-refractivity contribution is 7.07. The van der Waals surface area contributed by atoms with Crippen LogP contribution in [0.1, 0.15) is 12.0 Å². The molecule has 1 N–H and O–H groups in total. The van der Waals surface area contributed by atoms with Crippen molar-refractivity contribution in [3.8, 4) is 0 Å². The number of amides is 1. The average Bonchev–Trinajstić information content (AvgIpc) is 3.17. The van der Waals surface area contributed by atoms with Gasteiger partial charge in [0.15, 0.2) is 0 Å². The molecule has 0 saturated carbocycles. The van der Waals surface area contributed by atoms with Gasteiger partial charge in [-0.1, -0.05) is 0 Å². The van der Waals surface area contributed by atoms with Crippen LogP contribution < -0.4 is 5.32 Å². The van der Waals surface area contributed by atoms with E-state index in [-0.39, 0.29) is 5.91 Å². The van der Waals surface area contributed by atoms with E-state index >= 15 is 0 Å². The maximum Gasteiger partial charge on any atom is 0.220 e. The van der Waals surface area contributed by atoms with Gasteiger partial charge in [0.1, 0.15) is 0 Å². The minimum atomic E-state index is 0.118. The van der Waals surface area contributed by atoms with Crippen LogP contribution in [0.5, 0.6) is 0 Å². The number of hydrogen-bond acceptors (Lipinski definition) is 5. The molecule has 3 rings (SSSR count). The molecule has 1 amide bonds. The lowest BCUT2D eigenvalue weighted by Gasteiger charge is -2.32. The summed E-state index contributed by atoms with van der Waals surface area (Å²) in [5.74, 6) is 1.60. The predicted octanol–water partition coefficient (Wildman–Crippen LogP) is 1.60. The van der Waals surface area contributed by atoms with Crippen molar-refractivity contribution in [2.45, 2.75) is 13.0 Å². The minimum Gasteiger partial charge on any atom is -0.383 e. The predicted molar refractivity (Wildman–Crippen MR) is 90.4 cm³/mol. The molecule has 1 aromatic heterocycles. The van der Waals surface area contributed by atoms with Crippen LogP contribution in [0, 0.1) is 17.8 Å². The number of carbonyl (C=O) groups is 1. The quantitative estimate of drug-likeness (QED) is 0.767. The molecular formula is C17H26N2O3S. The van der Waals surface area contributed by atoms with Crippen molar-refractivity contribution in [1.82, 2.24) is 10.2 Å². The second-order valence-electron chi connectivity index (χ2n) is 6.59. The molecule has 0 radical (unpaired) electrons. The molecule has 5 nitrogen and oxygen atoms in total. The Bertz CT molecular complexity index is 494. The summed E-state index contributed by atoms with van der Waals surface area (Å²) in [4.78, 5) is 14.6. The maximum absolute atomic E-state index is 12.1. The van der Waals surface area contributed by atoms with Crippen LogP contribution in [0.15, 0.2) is 16.8 Å². The molecule has 6 heteroatoms. The summed E-state index contributed by atoms with van der Waals surface area (Å²) >= 11 is 1.75. The SMILES string of the molecule is COCCNC(=O)C[C@@H]1COC[C@H]2CN(Cc3ccsc3)C[C@@H]12. The van der Waals surface area contributed by atoms with E-state index in [1.165, 1.54) is 5.56 Å². The number of nitrogens with one attached hydrogen (secondary N) is 1. The largest absolute Gasteiger partial charge is 0.383 e. The van der Waals surface area contributed by atoms with Gasteiger partial charge in [-0.25, -0.2) is 0 Å². The Morgan fingerprint density at radius 1 is 1.48 bits per heavy atom. The van der Waals surface area contributed by atoms with Gasteiger partial charge >= 0.3 is 0 Å². The topological polar surface area (TPSA) is 50.8 Å². The molecule has 0 bridgehead atoms. The zero-order valence-electron chi connectivity index (χ0n) is 13.7. The lowest BCUT2D eigenvalue weighted by molar-refractivity contribution is -0.124. The lowest BCUT2D eigenvalue weighted by Crippen LogP contribution is -2.38. The number of carbonyl (C=O) groups excluding carboxylic acids is 1. The van der Waals surface area contributed by atoms with Gasteiger partial charge < -0.3 is 14.8 Å². The standard InChI is InChI=1S/C17H26N2O3S/c1-21-4-3-18-17(20)6-14-10-22-11-15-8-19(9-16(14)15)7-13-2-5-23-12-13/h2,5,12,14-16H,3-4,6-11H2,1H3,(H,18,20)/t14-,15-,16+/m1/s1. The third-order valence-electron chi connectivity index (χ3n) is 4.90. The smallest absolute Gasteiger partial charge is 0.220 e. The van der Waals surface area contributed by atoms with Crippen LogP contribution in [0.2, 0.25) is 0 Å². The van der Waals surface area contributed by atoms with Gasteiger partial charge in [0.25, 0.3) is 0 Å². The number of nitrogens with zero attached hydrogens (tertiary/aromatic N) is 1. The third kappa shape index (κ3) is 4.53. The van der Waals surface area contributed by atoms with E-state index in [0.29, 0.717) is 43.9 Å². The molecule has 2 aliphatic rings. The molecule has 0 aliphatic carbocycles. The number of likely N-dealkylation sites (tertiary alicyclic amines) is 1. The van der Waals surface area contributed by atoms with Gasteiger partial charge in [0.05, 0.1) is 19.8 Å². The summed E-state index contributed by atoms with van der Waals surface area (Å²) < 4.78 is 10.7. The zero-order chi connectivity index (χ0) is 16.1. The molecule has 2 aliphatic heterocycles. The number of fused-ring (bicyclic) bond motifs is 1. The molecule has 2 fully saturated rings. The van der Waals surface area contributed by atoms with Gasteiger partial charge in [0, 0.05) is 39.7 Å². The molecule has 128 valence electrons. The Morgan fingerprint density at radius 2 is 2.39 bits per heavy atom.